The van der Waals surface area contributed by atoms with Crippen molar-refractivity contribution in [2.75, 3.05) is 68.0 Å². The van der Waals surface area contributed by atoms with Crippen LogP contribution < -0.4 is 20.9 Å². The number of anilines is 3. The van der Waals surface area contributed by atoms with Gasteiger partial charge in [0.15, 0.2) is 0 Å². The molecule has 0 atom stereocenters. The Bertz CT molecular complexity index is 996. The lowest BCUT2D eigenvalue weighted by atomic mass is 9.98. The van der Waals surface area contributed by atoms with E-state index in [0.29, 0.717) is 29.4 Å². The van der Waals surface area contributed by atoms with Crippen molar-refractivity contribution < 1.29 is 14.3 Å². The fraction of sp³-hybridized carbons (Fsp3) is 0.481. The quantitative estimate of drug-likeness (QED) is 0.560. The molecule has 2 heterocycles. The van der Waals surface area contributed by atoms with Gasteiger partial charge in [0.05, 0.1) is 18.8 Å². The first-order valence-corrected chi connectivity index (χ1v) is 12.6. The molecule has 2 aromatic carbocycles. The van der Waals surface area contributed by atoms with Gasteiger partial charge in [-0.25, -0.2) is 4.79 Å². The van der Waals surface area contributed by atoms with E-state index in [0.717, 1.165) is 70.0 Å². The van der Waals surface area contributed by atoms with Crippen molar-refractivity contribution in [3.05, 3.63) is 53.6 Å². The first-order chi connectivity index (χ1) is 17.0. The Labute approximate surface area is 208 Å². The van der Waals surface area contributed by atoms with Gasteiger partial charge in [-0.2, -0.15) is 0 Å². The highest BCUT2D eigenvalue weighted by Crippen LogP contribution is 2.29. The van der Waals surface area contributed by atoms with Gasteiger partial charge in [0.25, 0.3) is 5.91 Å². The fourth-order valence-corrected chi connectivity index (χ4v) is 4.50. The topological polar surface area (TPSA) is 85.9 Å². The Morgan fingerprint density at radius 3 is 2.31 bits per heavy atom. The van der Waals surface area contributed by atoms with Gasteiger partial charge in [0, 0.05) is 56.3 Å². The van der Waals surface area contributed by atoms with Gasteiger partial charge in [-0.1, -0.05) is 24.6 Å². The molecule has 8 nitrogen and oxygen atoms in total. The summed E-state index contributed by atoms with van der Waals surface area (Å²) in [4.78, 5) is 30.4. The molecule has 0 radical (unpaired) electrons. The van der Waals surface area contributed by atoms with E-state index in [2.05, 4.69) is 32.7 Å². The normalized spacial score (nSPS) is 17.1. The molecule has 0 unspecified atom stereocenters. The number of amides is 3. The first kappa shape index (κ1) is 25.0. The lowest BCUT2D eigenvalue weighted by Gasteiger charge is -2.33. The standard InChI is InChI=1S/C27H37N5O3/c1-20-3-5-22(6-4-20)29-27(34)30-23-7-8-25(32-12-9-21(2)10-13-32)24(19-23)26(33)28-11-14-31-15-17-35-18-16-31/h3-8,19,21H,9-18H2,1-2H3,(H,28,33)(H2,29,30,34). The van der Waals surface area contributed by atoms with E-state index >= 15 is 0 Å². The molecule has 0 bridgehead atoms. The second kappa shape index (κ2) is 12.0. The molecule has 8 heteroatoms. The van der Waals surface area contributed by atoms with Crippen molar-refractivity contribution in [3.63, 3.8) is 0 Å². The number of benzene rings is 2. The van der Waals surface area contributed by atoms with Crippen LogP contribution in [0, 0.1) is 12.8 Å². The summed E-state index contributed by atoms with van der Waals surface area (Å²) >= 11 is 0. The van der Waals surface area contributed by atoms with Crippen LogP contribution >= 0.6 is 0 Å². The number of rotatable bonds is 7. The molecular formula is C27H37N5O3. The number of hydrogen-bond acceptors (Lipinski definition) is 5. The highest BCUT2D eigenvalue weighted by molar-refractivity contribution is 6.04. The number of ether oxygens (including phenoxy) is 1. The SMILES string of the molecule is Cc1ccc(NC(=O)Nc2ccc(N3CCC(C)CC3)c(C(=O)NCCN3CCOCC3)c2)cc1. The maximum absolute atomic E-state index is 13.3. The molecule has 0 aromatic heterocycles. The van der Waals surface area contributed by atoms with Crippen molar-refractivity contribution in [1.29, 1.82) is 0 Å². The van der Waals surface area contributed by atoms with Gasteiger partial charge in [-0.15, -0.1) is 0 Å². The molecule has 4 rings (SSSR count). The van der Waals surface area contributed by atoms with Crippen LogP contribution in [0.4, 0.5) is 21.9 Å². The summed E-state index contributed by atoms with van der Waals surface area (Å²) in [6.07, 6.45) is 2.22. The molecule has 3 N–H and O–H groups in total. The monoisotopic (exact) mass is 479 g/mol. The van der Waals surface area contributed by atoms with E-state index in [1.165, 1.54) is 0 Å². The highest BCUT2D eigenvalue weighted by atomic mass is 16.5. The van der Waals surface area contributed by atoms with Crippen molar-refractivity contribution in [3.8, 4) is 0 Å². The van der Waals surface area contributed by atoms with E-state index in [1.807, 2.05) is 43.3 Å². The second-order valence-electron chi connectivity index (χ2n) is 9.56. The molecule has 188 valence electrons. The van der Waals surface area contributed by atoms with Crippen molar-refractivity contribution in [1.82, 2.24) is 10.2 Å². The van der Waals surface area contributed by atoms with Crippen LogP contribution in [0.15, 0.2) is 42.5 Å². The minimum atomic E-state index is -0.341. The molecule has 3 amide bonds. The maximum Gasteiger partial charge on any atom is 0.323 e. The number of carbonyl (C=O) groups is 2. The number of piperidine rings is 1. The molecule has 2 fully saturated rings. The van der Waals surface area contributed by atoms with E-state index in [4.69, 9.17) is 4.74 Å². The van der Waals surface area contributed by atoms with Gasteiger partial charge >= 0.3 is 6.03 Å². The van der Waals surface area contributed by atoms with Crippen LogP contribution in [0.5, 0.6) is 0 Å². The lowest BCUT2D eigenvalue weighted by Crippen LogP contribution is -2.41. The lowest BCUT2D eigenvalue weighted by molar-refractivity contribution is 0.0383. The summed E-state index contributed by atoms with van der Waals surface area (Å²) < 4.78 is 5.40. The average molecular weight is 480 g/mol. The predicted molar refractivity (Wildman–Crippen MR) is 140 cm³/mol. The number of urea groups is 1. The van der Waals surface area contributed by atoms with E-state index in [1.54, 1.807) is 6.07 Å². The zero-order chi connectivity index (χ0) is 24.6. The van der Waals surface area contributed by atoms with E-state index in [9.17, 15) is 9.59 Å². The number of aryl methyl sites for hydroxylation is 1. The maximum atomic E-state index is 13.3. The summed E-state index contributed by atoms with van der Waals surface area (Å²) in [5.41, 5.74) is 3.94. The van der Waals surface area contributed by atoms with Gasteiger partial charge in [0.1, 0.15) is 0 Å². The Balaban J connectivity index is 1.44. The second-order valence-corrected chi connectivity index (χ2v) is 9.56. The smallest absolute Gasteiger partial charge is 0.323 e. The summed E-state index contributed by atoms with van der Waals surface area (Å²) in [6, 6.07) is 12.9. The summed E-state index contributed by atoms with van der Waals surface area (Å²) in [6.45, 7) is 10.8. The van der Waals surface area contributed by atoms with Crippen LogP contribution in [0.2, 0.25) is 0 Å². The predicted octanol–water partition coefficient (Wildman–Crippen LogP) is 3.94. The van der Waals surface area contributed by atoms with E-state index < -0.39 is 0 Å². The summed E-state index contributed by atoms with van der Waals surface area (Å²) in [5.74, 6) is 0.581. The minimum absolute atomic E-state index is 0.116. The molecule has 2 aliphatic rings. The number of nitrogens with zero attached hydrogens (tertiary/aromatic N) is 2. The van der Waals surface area contributed by atoms with Gasteiger partial charge in [-0.3, -0.25) is 9.69 Å². The molecule has 0 spiro atoms. The van der Waals surface area contributed by atoms with Crippen LogP contribution in [0.3, 0.4) is 0 Å². The van der Waals surface area contributed by atoms with Gasteiger partial charge in [0.2, 0.25) is 0 Å². The Morgan fingerprint density at radius 2 is 1.60 bits per heavy atom. The Hall–Kier alpha value is -3.10. The van der Waals surface area contributed by atoms with Gasteiger partial charge in [-0.05, 0) is 56.0 Å². The molecule has 0 aliphatic carbocycles. The van der Waals surface area contributed by atoms with Crippen molar-refractivity contribution >= 4 is 29.0 Å². The molecule has 0 saturated carbocycles. The van der Waals surface area contributed by atoms with Crippen LogP contribution in [-0.2, 0) is 4.74 Å². The van der Waals surface area contributed by atoms with E-state index in [-0.39, 0.29) is 11.9 Å². The number of nitrogens with one attached hydrogen (secondary N) is 3. The third-order valence-electron chi connectivity index (χ3n) is 6.75. The highest BCUT2D eigenvalue weighted by Gasteiger charge is 2.22. The molecule has 2 aliphatic heterocycles. The molecule has 2 aromatic rings. The largest absolute Gasteiger partial charge is 0.379 e. The molecular weight excluding hydrogens is 442 g/mol. The Morgan fingerprint density at radius 1 is 0.943 bits per heavy atom. The average Bonchev–Trinajstić information content (AvgIpc) is 2.86. The van der Waals surface area contributed by atoms with Crippen LogP contribution in [0.1, 0.15) is 35.7 Å². The Kier molecular flexibility index (Phi) is 8.60. The number of hydrogen-bond donors (Lipinski definition) is 3. The number of carbonyl (C=O) groups excluding carboxylic acids is 2. The van der Waals surface area contributed by atoms with Crippen LogP contribution in [-0.4, -0.2) is 69.3 Å². The minimum Gasteiger partial charge on any atom is -0.379 e. The fourth-order valence-electron chi connectivity index (χ4n) is 4.50. The third-order valence-corrected chi connectivity index (χ3v) is 6.75. The van der Waals surface area contributed by atoms with Crippen molar-refractivity contribution in [2.45, 2.75) is 26.7 Å². The third kappa shape index (κ3) is 7.19. The number of morpholine rings is 1. The van der Waals surface area contributed by atoms with Crippen molar-refractivity contribution in [2.24, 2.45) is 5.92 Å². The molecule has 2 saturated heterocycles. The zero-order valence-corrected chi connectivity index (χ0v) is 20.8. The molecule has 35 heavy (non-hydrogen) atoms. The zero-order valence-electron chi connectivity index (χ0n) is 20.8. The van der Waals surface area contributed by atoms with Gasteiger partial charge < -0.3 is 25.6 Å². The van der Waals surface area contributed by atoms with Crippen LogP contribution in [0.25, 0.3) is 0 Å². The first-order valence-electron chi connectivity index (χ1n) is 12.6. The summed E-state index contributed by atoms with van der Waals surface area (Å²) in [5, 5.41) is 8.80. The summed E-state index contributed by atoms with van der Waals surface area (Å²) in [7, 11) is 0.